The summed E-state index contributed by atoms with van der Waals surface area (Å²) >= 11 is 5.61. The highest BCUT2D eigenvalue weighted by Crippen LogP contribution is 2.30. The Balaban J connectivity index is 2.04. The molecule has 0 aliphatic carbocycles. The fraction of sp³-hybridized carbons (Fsp3) is 0.500. The number of benzene rings is 1. The molecule has 88 valence electrons. The average molecular weight is 243 g/mol. The standard InChI is InChI=1S/C12H15ClO3/c13-6-3-7-14-11-5-2-1-4-10(11)12-15-8-9-16-12/h1-2,4-5,12H,3,6-9H2. The molecule has 1 aliphatic heterocycles. The number of hydrogen-bond acceptors (Lipinski definition) is 3. The van der Waals surface area contributed by atoms with E-state index in [-0.39, 0.29) is 6.29 Å². The van der Waals surface area contributed by atoms with E-state index >= 15 is 0 Å². The Morgan fingerprint density at radius 1 is 1.25 bits per heavy atom. The summed E-state index contributed by atoms with van der Waals surface area (Å²) in [6, 6.07) is 7.78. The van der Waals surface area contributed by atoms with Crippen molar-refractivity contribution in [1.29, 1.82) is 0 Å². The molecule has 1 fully saturated rings. The number of hydrogen-bond donors (Lipinski definition) is 0. The normalized spacial score (nSPS) is 16.6. The van der Waals surface area contributed by atoms with Gasteiger partial charge in [-0.15, -0.1) is 11.6 Å². The van der Waals surface area contributed by atoms with Crippen LogP contribution in [0.1, 0.15) is 18.3 Å². The van der Waals surface area contributed by atoms with Crippen molar-refractivity contribution in [2.24, 2.45) is 0 Å². The van der Waals surface area contributed by atoms with Gasteiger partial charge in [0.25, 0.3) is 0 Å². The third kappa shape index (κ3) is 2.88. The summed E-state index contributed by atoms with van der Waals surface area (Å²) in [5, 5.41) is 0. The molecule has 0 aromatic heterocycles. The molecule has 2 rings (SSSR count). The molecule has 16 heavy (non-hydrogen) atoms. The van der Waals surface area contributed by atoms with Crippen LogP contribution in [0.15, 0.2) is 24.3 Å². The highest BCUT2D eigenvalue weighted by atomic mass is 35.5. The molecule has 0 N–H and O–H groups in total. The van der Waals surface area contributed by atoms with Crippen molar-refractivity contribution in [1.82, 2.24) is 0 Å². The van der Waals surface area contributed by atoms with E-state index in [0.717, 1.165) is 17.7 Å². The number of rotatable bonds is 5. The van der Waals surface area contributed by atoms with Gasteiger partial charge in [0, 0.05) is 11.4 Å². The molecule has 0 spiro atoms. The largest absolute Gasteiger partial charge is 0.493 e. The van der Waals surface area contributed by atoms with Gasteiger partial charge in [-0.25, -0.2) is 0 Å². The third-order valence-corrected chi connectivity index (χ3v) is 2.60. The van der Waals surface area contributed by atoms with Crippen LogP contribution in [0.4, 0.5) is 0 Å². The Kier molecular flexibility index (Phi) is 4.45. The summed E-state index contributed by atoms with van der Waals surface area (Å²) in [5.74, 6) is 1.43. The predicted octanol–water partition coefficient (Wildman–Crippen LogP) is 2.74. The first kappa shape index (κ1) is 11.7. The summed E-state index contributed by atoms with van der Waals surface area (Å²) in [5.41, 5.74) is 0.953. The molecule has 1 aromatic rings. The Morgan fingerprint density at radius 2 is 2.00 bits per heavy atom. The van der Waals surface area contributed by atoms with Gasteiger partial charge in [0.05, 0.1) is 19.8 Å². The molecule has 0 saturated carbocycles. The van der Waals surface area contributed by atoms with Crippen molar-refractivity contribution >= 4 is 11.6 Å². The average Bonchev–Trinajstić information content (AvgIpc) is 2.83. The summed E-state index contributed by atoms with van der Waals surface area (Å²) in [6.07, 6.45) is 0.551. The van der Waals surface area contributed by atoms with Crippen LogP contribution in [-0.4, -0.2) is 25.7 Å². The Bertz CT molecular complexity index is 324. The second kappa shape index (κ2) is 6.09. The van der Waals surface area contributed by atoms with Crippen LogP contribution in [0, 0.1) is 0 Å². The van der Waals surface area contributed by atoms with Crippen molar-refractivity contribution < 1.29 is 14.2 Å². The van der Waals surface area contributed by atoms with Gasteiger partial charge in [0.1, 0.15) is 5.75 Å². The van der Waals surface area contributed by atoms with E-state index in [1.807, 2.05) is 24.3 Å². The maximum atomic E-state index is 5.65. The lowest BCUT2D eigenvalue weighted by atomic mass is 10.2. The first-order valence-electron chi connectivity index (χ1n) is 5.42. The Hall–Kier alpha value is -0.770. The minimum atomic E-state index is -0.285. The van der Waals surface area contributed by atoms with Gasteiger partial charge in [0.15, 0.2) is 6.29 Å². The lowest BCUT2D eigenvalue weighted by molar-refractivity contribution is -0.0457. The fourth-order valence-corrected chi connectivity index (χ4v) is 1.69. The van der Waals surface area contributed by atoms with Crippen molar-refractivity contribution in [2.75, 3.05) is 25.7 Å². The number of ether oxygens (including phenoxy) is 3. The maximum absolute atomic E-state index is 5.65. The second-order valence-electron chi connectivity index (χ2n) is 3.50. The van der Waals surface area contributed by atoms with Crippen molar-refractivity contribution in [3.8, 4) is 5.75 Å². The van der Waals surface area contributed by atoms with Gasteiger partial charge in [-0.1, -0.05) is 18.2 Å². The fourth-order valence-electron chi connectivity index (χ4n) is 1.58. The van der Waals surface area contributed by atoms with E-state index in [9.17, 15) is 0 Å². The minimum absolute atomic E-state index is 0.285. The van der Waals surface area contributed by atoms with Crippen LogP contribution < -0.4 is 4.74 Å². The summed E-state index contributed by atoms with van der Waals surface area (Å²) in [7, 11) is 0. The topological polar surface area (TPSA) is 27.7 Å². The number of para-hydroxylation sites is 1. The van der Waals surface area contributed by atoms with Crippen LogP contribution in [-0.2, 0) is 9.47 Å². The highest BCUT2D eigenvalue weighted by Gasteiger charge is 2.21. The smallest absolute Gasteiger partial charge is 0.187 e. The lowest BCUT2D eigenvalue weighted by Gasteiger charge is -2.14. The predicted molar refractivity (Wildman–Crippen MR) is 61.9 cm³/mol. The van der Waals surface area contributed by atoms with E-state index < -0.39 is 0 Å². The molecule has 0 amide bonds. The zero-order chi connectivity index (χ0) is 11.2. The molecule has 3 nitrogen and oxygen atoms in total. The van der Waals surface area contributed by atoms with Crippen LogP contribution in [0.25, 0.3) is 0 Å². The molecular formula is C12H15ClO3. The SMILES string of the molecule is ClCCCOc1ccccc1C1OCCO1. The van der Waals surface area contributed by atoms with Gasteiger partial charge in [0.2, 0.25) is 0 Å². The van der Waals surface area contributed by atoms with Crippen LogP contribution in [0.3, 0.4) is 0 Å². The lowest BCUT2D eigenvalue weighted by Crippen LogP contribution is -2.04. The quantitative estimate of drug-likeness (QED) is 0.587. The van der Waals surface area contributed by atoms with Crippen LogP contribution >= 0.6 is 11.6 Å². The van der Waals surface area contributed by atoms with E-state index in [2.05, 4.69) is 0 Å². The Morgan fingerprint density at radius 3 is 2.75 bits per heavy atom. The third-order valence-electron chi connectivity index (χ3n) is 2.33. The van der Waals surface area contributed by atoms with E-state index in [0.29, 0.717) is 25.7 Å². The van der Waals surface area contributed by atoms with Crippen molar-refractivity contribution in [2.45, 2.75) is 12.7 Å². The van der Waals surface area contributed by atoms with E-state index in [1.54, 1.807) is 0 Å². The summed E-state index contributed by atoms with van der Waals surface area (Å²) in [6.45, 7) is 1.90. The zero-order valence-corrected chi connectivity index (χ0v) is 9.78. The van der Waals surface area contributed by atoms with Gasteiger partial charge < -0.3 is 14.2 Å². The van der Waals surface area contributed by atoms with Crippen molar-refractivity contribution in [3.05, 3.63) is 29.8 Å². The molecule has 0 atom stereocenters. The molecular weight excluding hydrogens is 228 g/mol. The molecule has 0 bridgehead atoms. The van der Waals surface area contributed by atoms with E-state index in [4.69, 9.17) is 25.8 Å². The number of halogens is 1. The Labute approximate surface area is 100 Å². The van der Waals surface area contributed by atoms with Gasteiger partial charge >= 0.3 is 0 Å². The second-order valence-corrected chi connectivity index (χ2v) is 3.88. The van der Waals surface area contributed by atoms with Gasteiger partial charge in [-0.05, 0) is 12.5 Å². The molecule has 1 saturated heterocycles. The zero-order valence-electron chi connectivity index (χ0n) is 9.02. The highest BCUT2D eigenvalue weighted by molar-refractivity contribution is 6.17. The molecule has 0 unspecified atom stereocenters. The summed E-state index contributed by atoms with van der Waals surface area (Å²) in [4.78, 5) is 0. The van der Waals surface area contributed by atoms with Crippen LogP contribution in [0.2, 0.25) is 0 Å². The van der Waals surface area contributed by atoms with Crippen molar-refractivity contribution in [3.63, 3.8) is 0 Å². The first-order valence-corrected chi connectivity index (χ1v) is 5.96. The first-order chi connectivity index (χ1) is 7.92. The molecule has 4 heteroatoms. The molecule has 1 aromatic carbocycles. The molecule has 0 radical (unpaired) electrons. The molecule has 1 aliphatic rings. The van der Waals surface area contributed by atoms with Gasteiger partial charge in [-0.2, -0.15) is 0 Å². The molecule has 1 heterocycles. The van der Waals surface area contributed by atoms with E-state index in [1.165, 1.54) is 0 Å². The summed E-state index contributed by atoms with van der Waals surface area (Å²) < 4.78 is 16.6. The van der Waals surface area contributed by atoms with Gasteiger partial charge in [-0.3, -0.25) is 0 Å². The minimum Gasteiger partial charge on any atom is -0.493 e. The maximum Gasteiger partial charge on any atom is 0.187 e. The monoisotopic (exact) mass is 242 g/mol. The number of alkyl halides is 1. The van der Waals surface area contributed by atoms with Crippen LogP contribution in [0.5, 0.6) is 5.75 Å².